The van der Waals surface area contributed by atoms with Gasteiger partial charge in [0.15, 0.2) is 5.82 Å². The third-order valence-electron chi connectivity index (χ3n) is 1.35. The Balaban J connectivity index is 2.74. The zero-order valence-electron chi connectivity index (χ0n) is 6.38. The molecule has 4 nitrogen and oxygen atoms in total. The van der Waals surface area contributed by atoms with E-state index in [1.54, 1.807) is 6.92 Å². The molecular formula is C6H11N3O. The fourth-order valence-electron chi connectivity index (χ4n) is 0.612. The number of aromatic nitrogens is 2. The molecule has 1 aromatic heterocycles. The van der Waals surface area contributed by atoms with Gasteiger partial charge in [0, 0.05) is 0 Å². The molecule has 0 aliphatic heterocycles. The molecule has 1 N–H and O–H groups in total. The maximum Gasteiger partial charge on any atom is 0.243 e. The summed E-state index contributed by atoms with van der Waals surface area (Å²) in [5, 5.41) is 6.66. The van der Waals surface area contributed by atoms with Crippen LogP contribution in [-0.4, -0.2) is 17.2 Å². The lowest BCUT2D eigenvalue weighted by atomic mass is 10.3. The van der Waals surface area contributed by atoms with Gasteiger partial charge in [0.2, 0.25) is 5.89 Å². The molecule has 0 aliphatic carbocycles. The minimum atomic E-state index is 0.140. The summed E-state index contributed by atoms with van der Waals surface area (Å²) in [4.78, 5) is 4.04. The van der Waals surface area contributed by atoms with E-state index in [1.807, 2.05) is 14.0 Å². The van der Waals surface area contributed by atoms with Gasteiger partial charge in [0.25, 0.3) is 0 Å². The second-order valence-electron chi connectivity index (χ2n) is 2.19. The molecule has 0 radical (unpaired) electrons. The largest absolute Gasteiger partial charge is 0.338 e. The summed E-state index contributed by atoms with van der Waals surface area (Å²) >= 11 is 0. The molecule has 0 amide bonds. The summed E-state index contributed by atoms with van der Waals surface area (Å²) in [7, 11) is 1.85. The highest BCUT2D eigenvalue weighted by Gasteiger charge is 2.08. The highest BCUT2D eigenvalue weighted by atomic mass is 16.5. The van der Waals surface area contributed by atoms with Crippen molar-refractivity contribution in [2.24, 2.45) is 0 Å². The monoisotopic (exact) mass is 141 g/mol. The number of hydrogen-bond donors (Lipinski definition) is 1. The van der Waals surface area contributed by atoms with Gasteiger partial charge in [0.1, 0.15) is 0 Å². The van der Waals surface area contributed by atoms with Gasteiger partial charge in [-0.15, -0.1) is 0 Å². The second kappa shape index (κ2) is 2.79. The summed E-state index contributed by atoms with van der Waals surface area (Å²) in [6, 6.07) is 0.140. The molecule has 1 aromatic rings. The third kappa shape index (κ3) is 1.33. The van der Waals surface area contributed by atoms with Crippen LogP contribution in [0, 0.1) is 6.92 Å². The van der Waals surface area contributed by atoms with Crippen LogP contribution in [0.25, 0.3) is 0 Å². The molecule has 0 saturated heterocycles. The molecule has 0 saturated carbocycles. The Bertz CT molecular complexity index is 209. The summed E-state index contributed by atoms with van der Waals surface area (Å²) in [5.41, 5.74) is 0. The van der Waals surface area contributed by atoms with Crippen molar-refractivity contribution in [1.82, 2.24) is 15.5 Å². The standard InChI is InChI=1S/C6H11N3O/c1-4(7-3)6-8-5(2)9-10-6/h4,7H,1-3H3/t4-/m0/s1. The zero-order valence-corrected chi connectivity index (χ0v) is 6.38. The fourth-order valence-corrected chi connectivity index (χ4v) is 0.612. The SMILES string of the molecule is CN[C@@H](C)c1nc(C)no1. The van der Waals surface area contributed by atoms with Gasteiger partial charge in [-0.1, -0.05) is 5.16 Å². The average molecular weight is 141 g/mol. The maximum atomic E-state index is 4.89. The number of nitrogens with one attached hydrogen (secondary N) is 1. The molecule has 0 bridgehead atoms. The van der Waals surface area contributed by atoms with Crippen molar-refractivity contribution >= 4 is 0 Å². The molecule has 0 aliphatic rings. The third-order valence-corrected chi connectivity index (χ3v) is 1.35. The molecule has 56 valence electrons. The van der Waals surface area contributed by atoms with Gasteiger partial charge < -0.3 is 9.84 Å². The lowest BCUT2D eigenvalue weighted by molar-refractivity contribution is 0.344. The molecule has 0 fully saturated rings. The normalized spacial score (nSPS) is 13.5. The van der Waals surface area contributed by atoms with Crippen LogP contribution in [-0.2, 0) is 0 Å². The maximum absolute atomic E-state index is 4.89. The Hall–Kier alpha value is -0.900. The smallest absolute Gasteiger partial charge is 0.243 e. The van der Waals surface area contributed by atoms with Gasteiger partial charge in [-0.2, -0.15) is 4.98 Å². The first-order chi connectivity index (χ1) is 4.74. The Morgan fingerprint density at radius 2 is 2.30 bits per heavy atom. The molecule has 4 heteroatoms. The van der Waals surface area contributed by atoms with E-state index in [2.05, 4.69) is 15.5 Å². The number of hydrogen-bond acceptors (Lipinski definition) is 4. The summed E-state index contributed by atoms with van der Waals surface area (Å²) in [6.07, 6.45) is 0. The van der Waals surface area contributed by atoms with E-state index in [1.165, 1.54) is 0 Å². The lowest BCUT2D eigenvalue weighted by Crippen LogP contribution is -2.12. The molecule has 0 aromatic carbocycles. The molecule has 10 heavy (non-hydrogen) atoms. The van der Waals surface area contributed by atoms with Gasteiger partial charge in [-0.25, -0.2) is 0 Å². The topological polar surface area (TPSA) is 51.0 Å². The van der Waals surface area contributed by atoms with Crippen molar-refractivity contribution in [2.45, 2.75) is 19.9 Å². The van der Waals surface area contributed by atoms with Gasteiger partial charge >= 0.3 is 0 Å². The second-order valence-corrected chi connectivity index (χ2v) is 2.19. The van der Waals surface area contributed by atoms with Crippen LogP contribution in [0.3, 0.4) is 0 Å². The van der Waals surface area contributed by atoms with Crippen molar-refractivity contribution in [3.05, 3.63) is 11.7 Å². The number of rotatable bonds is 2. The molecule has 0 spiro atoms. The zero-order chi connectivity index (χ0) is 7.56. The summed E-state index contributed by atoms with van der Waals surface area (Å²) in [6.45, 7) is 3.77. The summed E-state index contributed by atoms with van der Waals surface area (Å²) < 4.78 is 4.89. The molecule has 1 rings (SSSR count). The van der Waals surface area contributed by atoms with Gasteiger partial charge in [0.05, 0.1) is 6.04 Å². The van der Waals surface area contributed by atoms with E-state index < -0.39 is 0 Å². The first kappa shape index (κ1) is 7.21. The Labute approximate surface area is 59.6 Å². The number of nitrogens with zero attached hydrogens (tertiary/aromatic N) is 2. The minimum absolute atomic E-state index is 0.140. The van der Waals surface area contributed by atoms with Crippen LogP contribution in [0.4, 0.5) is 0 Å². The van der Waals surface area contributed by atoms with Crippen molar-refractivity contribution in [3.63, 3.8) is 0 Å². The quantitative estimate of drug-likeness (QED) is 0.657. The molecule has 1 heterocycles. The molecule has 1 atom stereocenters. The molecular weight excluding hydrogens is 130 g/mol. The van der Waals surface area contributed by atoms with Crippen molar-refractivity contribution in [1.29, 1.82) is 0 Å². The van der Waals surface area contributed by atoms with Gasteiger partial charge in [-0.3, -0.25) is 0 Å². The van der Waals surface area contributed by atoms with E-state index in [0.717, 1.165) is 0 Å². The van der Waals surface area contributed by atoms with Crippen LogP contribution < -0.4 is 5.32 Å². The van der Waals surface area contributed by atoms with Crippen LogP contribution >= 0.6 is 0 Å². The van der Waals surface area contributed by atoms with Crippen LogP contribution in [0.1, 0.15) is 24.7 Å². The minimum Gasteiger partial charge on any atom is -0.338 e. The van der Waals surface area contributed by atoms with E-state index in [0.29, 0.717) is 11.7 Å². The predicted molar refractivity (Wildman–Crippen MR) is 36.5 cm³/mol. The van der Waals surface area contributed by atoms with Crippen LogP contribution in [0.2, 0.25) is 0 Å². The van der Waals surface area contributed by atoms with Crippen LogP contribution in [0.15, 0.2) is 4.52 Å². The van der Waals surface area contributed by atoms with Crippen LogP contribution in [0.5, 0.6) is 0 Å². The Morgan fingerprint density at radius 1 is 1.60 bits per heavy atom. The van der Waals surface area contributed by atoms with Crippen molar-refractivity contribution in [3.8, 4) is 0 Å². The highest BCUT2D eigenvalue weighted by Crippen LogP contribution is 2.06. The Kier molecular flexibility index (Phi) is 2.01. The number of aryl methyl sites for hydroxylation is 1. The predicted octanol–water partition coefficient (Wildman–Crippen LogP) is 0.658. The average Bonchev–Trinajstić information content (AvgIpc) is 2.34. The van der Waals surface area contributed by atoms with Gasteiger partial charge in [-0.05, 0) is 20.9 Å². The molecule has 0 unspecified atom stereocenters. The van der Waals surface area contributed by atoms with E-state index in [4.69, 9.17) is 4.52 Å². The lowest BCUT2D eigenvalue weighted by Gasteiger charge is -2.00. The first-order valence-corrected chi connectivity index (χ1v) is 3.21. The van der Waals surface area contributed by atoms with E-state index in [9.17, 15) is 0 Å². The van der Waals surface area contributed by atoms with Crippen molar-refractivity contribution in [2.75, 3.05) is 7.05 Å². The Morgan fingerprint density at radius 3 is 2.70 bits per heavy atom. The fraction of sp³-hybridized carbons (Fsp3) is 0.667. The summed E-state index contributed by atoms with van der Waals surface area (Å²) in [5.74, 6) is 1.32. The van der Waals surface area contributed by atoms with E-state index in [-0.39, 0.29) is 6.04 Å². The first-order valence-electron chi connectivity index (χ1n) is 3.21. The van der Waals surface area contributed by atoms with Crippen molar-refractivity contribution < 1.29 is 4.52 Å². The highest BCUT2D eigenvalue weighted by molar-refractivity contribution is 4.88. The van der Waals surface area contributed by atoms with E-state index >= 15 is 0 Å².